The van der Waals surface area contributed by atoms with Crippen LogP contribution < -0.4 is 21.5 Å². The fourth-order valence-corrected chi connectivity index (χ4v) is 6.61. The van der Waals surface area contributed by atoms with Crippen LogP contribution in [0.3, 0.4) is 0 Å². The Kier molecular flexibility index (Phi) is 8.86. The molecule has 1 unspecified atom stereocenters. The summed E-state index contributed by atoms with van der Waals surface area (Å²) in [5.74, 6) is -5.51. The van der Waals surface area contributed by atoms with Crippen molar-refractivity contribution in [2.45, 2.75) is 39.8 Å². The maximum Gasteiger partial charge on any atom is 0.276 e. The first-order valence-electron chi connectivity index (χ1n) is 14.4. The summed E-state index contributed by atoms with van der Waals surface area (Å²) in [5, 5.41) is 12.9. The van der Waals surface area contributed by atoms with Crippen molar-refractivity contribution in [1.82, 2.24) is 19.8 Å². The van der Waals surface area contributed by atoms with Gasteiger partial charge in [0, 0.05) is 36.6 Å². The third-order valence-corrected chi connectivity index (χ3v) is 8.99. The van der Waals surface area contributed by atoms with E-state index in [1.54, 1.807) is 29.0 Å². The number of hydrogen-bond donors (Lipinski definition) is 2. The van der Waals surface area contributed by atoms with Gasteiger partial charge < -0.3 is 20.9 Å². The summed E-state index contributed by atoms with van der Waals surface area (Å²) in [4.78, 5) is 35.0. The highest BCUT2D eigenvalue weighted by Gasteiger charge is 2.34. The number of rotatable bonds is 5. The summed E-state index contributed by atoms with van der Waals surface area (Å²) in [6.45, 7) is 11.9. The summed E-state index contributed by atoms with van der Waals surface area (Å²) < 4.78 is 44.9. The van der Waals surface area contributed by atoms with Crippen molar-refractivity contribution in [2.24, 2.45) is 5.92 Å². The second-order valence-corrected chi connectivity index (χ2v) is 12.3. The topological polar surface area (TPSA) is 120 Å². The largest absolute Gasteiger partial charge is 0.396 e. The maximum atomic E-state index is 14.7. The quantitative estimate of drug-likeness (QED) is 0.151. The van der Waals surface area contributed by atoms with E-state index in [1.807, 2.05) is 20.8 Å². The first-order chi connectivity index (χ1) is 21.7. The molecule has 5 rings (SSSR count). The molecule has 1 amide bonds. The van der Waals surface area contributed by atoms with Crippen LogP contribution in [0.5, 0.6) is 0 Å². The van der Waals surface area contributed by atoms with Gasteiger partial charge in [0.2, 0.25) is 5.91 Å². The number of benzene rings is 1. The third-order valence-electron chi connectivity index (χ3n) is 8.35. The number of nitrogens with one attached hydrogen (secondary N) is 1. The summed E-state index contributed by atoms with van der Waals surface area (Å²) in [7, 11) is 0. The monoisotopic (exact) mass is 671 g/mol. The highest BCUT2D eigenvalue weighted by molar-refractivity contribution is 6.37. The minimum Gasteiger partial charge on any atom is -0.396 e. The lowest BCUT2D eigenvalue weighted by atomic mass is 9.94. The zero-order chi connectivity index (χ0) is 33.8. The number of fused-ring (bicyclic) bond motifs is 1. The van der Waals surface area contributed by atoms with Crippen LogP contribution in [0.2, 0.25) is 10.0 Å². The minimum absolute atomic E-state index is 0.00615. The Labute approximate surface area is 273 Å². The molecule has 2 aromatic heterocycles. The molecule has 1 aromatic carbocycles. The molecule has 0 saturated carbocycles. The molecule has 3 aromatic rings. The van der Waals surface area contributed by atoms with Crippen LogP contribution in [0.25, 0.3) is 28.0 Å². The second-order valence-electron chi connectivity index (χ2n) is 11.5. The molecule has 3 N–H and O–H groups in total. The van der Waals surface area contributed by atoms with Gasteiger partial charge >= 0.3 is 0 Å². The smallest absolute Gasteiger partial charge is 0.276 e. The van der Waals surface area contributed by atoms with Gasteiger partial charge in [0.25, 0.3) is 5.56 Å². The Morgan fingerprint density at radius 2 is 1.93 bits per heavy atom. The first-order valence-corrected chi connectivity index (χ1v) is 15.1. The highest BCUT2D eigenvalue weighted by atomic mass is 35.5. The molecule has 9 nitrogen and oxygen atoms in total. The lowest BCUT2D eigenvalue weighted by Gasteiger charge is -2.41. The van der Waals surface area contributed by atoms with Gasteiger partial charge in [0.15, 0.2) is 17.5 Å². The van der Waals surface area contributed by atoms with Gasteiger partial charge in [-0.15, -0.1) is 0 Å². The predicted octanol–water partition coefficient (Wildman–Crippen LogP) is 5.84. The number of dihydropyridines is 1. The summed E-state index contributed by atoms with van der Waals surface area (Å²) in [5.41, 5.74) is 4.79. The molecular formula is C32H30Cl2F3N7O2. The Hall–Kier alpha value is -4.47. The second kappa shape index (κ2) is 12.4. The van der Waals surface area contributed by atoms with E-state index in [4.69, 9.17) is 28.9 Å². The van der Waals surface area contributed by atoms with E-state index in [9.17, 15) is 28.0 Å². The minimum atomic E-state index is -1.86. The van der Waals surface area contributed by atoms with E-state index in [1.165, 1.54) is 16.7 Å². The highest BCUT2D eigenvalue weighted by Crippen LogP contribution is 2.43. The van der Waals surface area contributed by atoms with E-state index in [-0.39, 0.29) is 70.5 Å². The van der Waals surface area contributed by atoms with Crippen LogP contribution in [0, 0.1) is 34.7 Å². The number of hydrogen-bond acceptors (Lipinski definition) is 7. The van der Waals surface area contributed by atoms with Gasteiger partial charge in [-0.2, -0.15) is 5.26 Å². The zero-order valence-electron chi connectivity index (χ0n) is 25.4. The van der Waals surface area contributed by atoms with Gasteiger partial charge in [0.05, 0.1) is 38.9 Å². The molecule has 2 atom stereocenters. The fourth-order valence-electron chi connectivity index (χ4n) is 6.09. The van der Waals surface area contributed by atoms with Crippen molar-refractivity contribution in [1.29, 1.82) is 5.26 Å². The molecule has 4 heterocycles. The van der Waals surface area contributed by atoms with Gasteiger partial charge in [-0.25, -0.2) is 18.2 Å². The van der Waals surface area contributed by atoms with E-state index in [0.717, 1.165) is 0 Å². The Morgan fingerprint density at radius 3 is 2.54 bits per heavy atom. The Bertz CT molecular complexity index is 1950. The Morgan fingerprint density at radius 1 is 1.24 bits per heavy atom. The number of amides is 1. The number of anilines is 2. The van der Waals surface area contributed by atoms with Crippen molar-refractivity contribution in [3.05, 3.63) is 80.0 Å². The van der Waals surface area contributed by atoms with Crippen molar-refractivity contribution < 1.29 is 18.0 Å². The van der Waals surface area contributed by atoms with Gasteiger partial charge in [-0.1, -0.05) is 43.6 Å². The number of allylic oxidation sites excluding steroid dienone is 2. The molecule has 1 fully saturated rings. The van der Waals surface area contributed by atoms with Crippen molar-refractivity contribution in [3.63, 3.8) is 0 Å². The summed E-state index contributed by atoms with van der Waals surface area (Å²) in [6, 6.07) is 2.75. The zero-order valence-corrected chi connectivity index (χ0v) is 26.9. The SMILES string of the molecule is C=CC(=O)N1CCN(c2c(C#N)c(=O)n(C3=C(C)C=CNC3C(C)C)c3nc(-c4c(N)c(F)c(F)c(F)c4Cl)c(Cl)cc23)C[C@H]1C. The van der Waals surface area contributed by atoms with Crippen LogP contribution in [0.4, 0.5) is 24.5 Å². The number of nitrogens with two attached hydrogens (primary N) is 1. The number of halogens is 5. The van der Waals surface area contributed by atoms with Crippen LogP contribution in [-0.2, 0) is 4.79 Å². The number of piperazine rings is 1. The van der Waals surface area contributed by atoms with Crippen LogP contribution in [0.1, 0.15) is 33.3 Å². The Balaban J connectivity index is 1.91. The van der Waals surface area contributed by atoms with Crippen molar-refractivity contribution in [2.75, 3.05) is 30.3 Å². The van der Waals surface area contributed by atoms with Crippen molar-refractivity contribution >= 4 is 57.2 Å². The first kappa shape index (κ1) is 32.9. The normalized spacial score (nSPS) is 18.3. The average Bonchev–Trinajstić information content (AvgIpc) is 3.02. The number of carbonyl (C=O) groups excluding carboxylic acids is 1. The van der Waals surface area contributed by atoms with Crippen LogP contribution in [-0.4, -0.2) is 52.1 Å². The lowest BCUT2D eigenvalue weighted by Crippen LogP contribution is -2.54. The standard InChI is InChI=1S/C32H30Cl2F3N7O2/c1-6-20(45)43-10-9-42(13-16(43)5)30-17-11-19(33)28(21-22(34)23(35)24(36)25(37)26(21)39)41-31(17)44(32(46)18(30)12-38)29-15(4)7-8-40-27(29)14(2)3/h6-8,11,14,16,27,40H,1,9-10,13,39H2,2-5H3/t16-,27?/m1/s1. The van der Waals surface area contributed by atoms with Gasteiger partial charge in [-0.05, 0) is 49.8 Å². The molecule has 0 spiro atoms. The van der Waals surface area contributed by atoms with Crippen molar-refractivity contribution in [3.8, 4) is 17.3 Å². The number of nitriles is 1. The van der Waals surface area contributed by atoms with Gasteiger partial charge in [0.1, 0.15) is 17.3 Å². The fraction of sp³-hybridized carbons (Fsp3) is 0.312. The summed E-state index contributed by atoms with van der Waals surface area (Å²) >= 11 is 12.9. The van der Waals surface area contributed by atoms with Crippen LogP contribution in [0.15, 0.2) is 41.4 Å². The molecule has 240 valence electrons. The predicted molar refractivity (Wildman–Crippen MR) is 174 cm³/mol. The molecule has 0 bridgehead atoms. The number of nitrogen functional groups attached to an aromatic ring is 1. The maximum absolute atomic E-state index is 14.7. The number of pyridine rings is 2. The molecule has 0 radical (unpaired) electrons. The van der Waals surface area contributed by atoms with E-state index in [0.29, 0.717) is 11.3 Å². The number of nitrogens with zero attached hydrogens (tertiary/aromatic N) is 5. The molecule has 14 heteroatoms. The molecule has 46 heavy (non-hydrogen) atoms. The molecule has 2 aliphatic rings. The molecule has 0 aliphatic carbocycles. The number of carbonyl (C=O) groups is 1. The van der Waals surface area contributed by atoms with E-state index >= 15 is 0 Å². The molecule has 2 aliphatic heterocycles. The van der Waals surface area contributed by atoms with E-state index < -0.39 is 45.3 Å². The lowest BCUT2D eigenvalue weighted by molar-refractivity contribution is -0.128. The third kappa shape index (κ3) is 5.17. The number of aromatic nitrogens is 2. The van der Waals surface area contributed by atoms with Gasteiger partial charge in [-0.3, -0.25) is 14.2 Å². The van der Waals surface area contributed by atoms with E-state index in [2.05, 4.69) is 22.9 Å². The summed E-state index contributed by atoms with van der Waals surface area (Å²) in [6.07, 6.45) is 4.74. The average molecular weight is 673 g/mol. The molecule has 1 saturated heterocycles. The molecular weight excluding hydrogens is 642 g/mol. The van der Waals surface area contributed by atoms with Crippen LogP contribution >= 0.6 is 23.2 Å².